The fourth-order valence-electron chi connectivity index (χ4n) is 3.41. The van der Waals surface area contributed by atoms with Crippen molar-refractivity contribution in [2.24, 2.45) is 0 Å². The van der Waals surface area contributed by atoms with Crippen LogP contribution in [0.25, 0.3) is 5.52 Å². The van der Waals surface area contributed by atoms with E-state index in [2.05, 4.69) is 15.4 Å². The molecular formula is C21H23ClN4O4. The Labute approximate surface area is 179 Å². The second-order valence-corrected chi connectivity index (χ2v) is 7.50. The average Bonchev–Trinajstić information content (AvgIpc) is 3.19. The number of rotatable bonds is 6. The lowest BCUT2D eigenvalue weighted by molar-refractivity contribution is -0.169. The van der Waals surface area contributed by atoms with Crippen LogP contribution >= 0.6 is 11.6 Å². The Balaban J connectivity index is 1.61. The van der Waals surface area contributed by atoms with Gasteiger partial charge in [0.25, 0.3) is 5.91 Å². The standard InChI is InChI=1S/C21H23ClN4O4/c1-13-10-23-11-16(22)20(13)24-21(27)15-6-7-18(28-2)26-17(15)9-14(25-26)12-30-19-5-3-4-8-29-19/h6-7,9-11,19H,3-5,8,12H2,1-2H3,(H,23,24,27). The predicted molar refractivity (Wildman–Crippen MR) is 112 cm³/mol. The molecular weight excluding hydrogens is 408 g/mol. The zero-order chi connectivity index (χ0) is 21.1. The Morgan fingerprint density at radius 2 is 2.23 bits per heavy atom. The van der Waals surface area contributed by atoms with E-state index in [-0.39, 0.29) is 18.8 Å². The third-order valence-corrected chi connectivity index (χ3v) is 5.26. The number of anilines is 1. The molecule has 0 saturated carbocycles. The third kappa shape index (κ3) is 4.26. The number of ether oxygens (including phenoxy) is 3. The first-order valence-electron chi connectivity index (χ1n) is 9.77. The van der Waals surface area contributed by atoms with Crippen molar-refractivity contribution in [3.8, 4) is 5.88 Å². The van der Waals surface area contributed by atoms with Crippen molar-refractivity contribution in [3.63, 3.8) is 0 Å². The largest absolute Gasteiger partial charge is 0.481 e. The van der Waals surface area contributed by atoms with E-state index in [1.54, 1.807) is 30.0 Å². The Morgan fingerprint density at radius 1 is 1.37 bits per heavy atom. The van der Waals surface area contributed by atoms with Gasteiger partial charge in [0, 0.05) is 25.1 Å². The molecule has 158 valence electrons. The van der Waals surface area contributed by atoms with Crippen LogP contribution in [0.4, 0.5) is 5.69 Å². The van der Waals surface area contributed by atoms with Crippen molar-refractivity contribution in [3.05, 3.63) is 52.4 Å². The number of nitrogens with zero attached hydrogens (tertiary/aromatic N) is 3. The van der Waals surface area contributed by atoms with Crippen molar-refractivity contribution in [1.29, 1.82) is 0 Å². The summed E-state index contributed by atoms with van der Waals surface area (Å²) in [5.41, 5.74) is 3.04. The van der Waals surface area contributed by atoms with Gasteiger partial charge in [-0.25, -0.2) is 0 Å². The maximum Gasteiger partial charge on any atom is 0.257 e. The fourth-order valence-corrected chi connectivity index (χ4v) is 3.66. The molecule has 3 aromatic rings. The number of pyridine rings is 2. The summed E-state index contributed by atoms with van der Waals surface area (Å²) in [5.74, 6) is 0.210. The molecule has 0 radical (unpaired) electrons. The molecule has 1 N–H and O–H groups in total. The van der Waals surface area contributed by atoms with Gasteiger partial charge in [0.1, 0.15) is 0 Å². The Bertz CT molecular complexity index is 1040. The number of methoxy groups -OCH3 is 1. The van der Waals surface area contributed by atoms with E-state index in [1.165, 1.54) is 6.20 Å². The predicted octanol–water partition coefficient (Wildman–Crippen LogP) is 4.00. The zero-order valence-electron chi connectivity index (χ0n) is 16.9. The van der Waals surface area contributed by atoms with Gasteiger partial charge in [-0.15, -0.1) is 0 Å². The van der Waals surface area contributed by atoms with Crippen LogP contribution in [0, 0.1) is 6.92 Å². The van der Waals surface area contributed by atoms with E-state index in [4.69, 9.17) is 25.8 Å². The van der Waals surface area contributed by atoms with Crippen LogP contribution in [0.3, 0.4) is 0 Å². The van der Waals surface area contributed by atoms with Gasteiger partial charge in [0.05, 0.1) is 41.2 Å². The number of halogens is 1. The molecule has 0 bridgehead atoms. The summed E-state index contributed by atoms with van der Waals surface area (Å²) in [4.78, 5) is 17.0. The molecule has 8 nitrogen and oxygen atoms in total. The van der Waals surface area contributed by atoms with E-state index in [0.717, 1.165) is 24.8 Å². The highest BCUT2D eigenvalue weighted by molar-refractivity contribution is 6.34. The summed E-state index contributed by atoms with van der Waals surface area (Å²) in [6, 6.07) is 5.22. The molecule has 4 rings (SSSR count). The maximum atomic E-state index is 13.0. The van der Waals surface area contributed by atoms with Gasteiger partial charge < -0.3 is 19.5 Å². The van der Waals surface area contributed by atoms with Crippen molar-refractivity contribution in [2.75, 3.05) is 19.0 Å². The minimum Gasteiger partial charge on any atom is -0.481 e. The monoisotopic (exact) mass is 430 g/mol. The van der Waals surface area contributed by atoms with Crippen molar-refractivity contribution >= 4 is 28.7 Å². The summed E-state index contributed by atoms with van der Waals surface area (Å²) < 4.78 is 18.4. The van der Waals surface area contributed by atoms with Gasteiger partial charge in [0.2, 0.25) is 5.88 Å². The number of carbonyl (C=O) groups is 1. The topological polar surface area (TPSA) is 87.0 Å². The lowest BCUT2D eigenvalue weighted by atomic mass is 10.2. The number of hydrogen-bond donors (Lipinski definition) is 1. The van der Waals surface area contributed by atoms with Crippen molar-refractivity contribution in [1.82, 2.24) is 14.6 Å². The molecule has 4 heterocycles. The van der Waals surface area contributed by atoms with E-state index in [1.807, 2.05) is 13.0 Å². The van der Waals surface area contributed by atoms with Crippen LogP contribution in [0.1, 0.15) is 40.9 Å². The number of aryl methyl sites for hydroxylation is 1. The molecule has 1 aliphatic rings. The zero-order valence-corrected chi connectivity index (χ0v) is 17.6. The second kappa shape index (κ2) is 8.99. The summed E-state index contributed by atoms with van der Waals surface area (Å²) in [6.45, 7) is 2.83. The van der Waals surface area contributed by atoms with E-state index >= 15 is 0 Å². The minimum atomic E-state index is -0.304. The van der Waals surface area contributed by atoms with E-state index < -0.39 is 0 Å². The number of aromatic nitrogens is 3. The molecule has 0 aromatic carbocycles. The van der Waals surface area contributed by atoms with Crippen LogP contribution in [0.5, 0.6) is 5.88 Å². The van der Waals surface area contributed by atoms with Gasteiger partial charge in [-0.3, -0.25) is 9.78 Å². The SMILES string of the molecule is COc1ccc(C(=O)Nc2c(C)cncc2Cl)c2cc(COC3CCCCO3)nn12. The van der Waals surface area contributed by atoms with Crippen LogP contribution in [0.2, 0.25) is 5.02 Å². The number of fused-ring (bicyclic) bond motifs is 1. The van der Waals surface area contributed by atoms with Gasteiger partial charge >= 0.3 is 0 Å². The number of amides is 1. The summed E-state index contributed by atoms with van der Waals surface area (Å²) >= 11 is 6.20. The lowest BCUT2D eigenvalue weighted by Crippen LogP contribution is -2.22. The third-order valence-electron chi connectivity index (χ3n) is 4.97. The molecule has 3 aromatic heterocycles. The first kappa shape index (κ1) is 20.6. The van der Waals surface area contributed by atoms with Gasteiger partial charge in [-0.1, -0.05) is 11.6 Å². The molecule has 1 atom stereocenters. The van der Waals surface area contributed by atoms with Crippen molar-refractivity contribution in [2.45, 2.75) is 39.1 Å². The molecule has 1 saturated heterocycles. The molecule has 1 unspecified atom stereocenters. The highest BCUT2D eigenvalue weighted by Crippen LogP contribution is 2.27. The molecule has 0 spiro atoms. The molecule has 1 fully saturated rings. The van der Waals surface area contributed by atoms with Gasteiger partial charge in [-0.2, -0.15) is 9.61 Å². The van der Waals surface area contributed by atoms with Crippen molar-refractivity contribution < 1.29 is 19.0 Å². The highest BCUT2D eigenvalue weighted by atomic mass is 35.5. The Kier molecular flexibility index (Phi) is 6.17. The summed E-state index contributed by atoms with van der Waals surface area (Å²) in [7, 11) is 1.56. The second-order valence-electron chi connectivity index (χ2n) is 7.10. The van der Waals surface area contributed by atoms with Gasteiger partial charge in [0.15, 0.2) is 6.29 Å². The normalized spacial score (nSPS) is 16.6. The summed E-state index contributed by atoms with van der Waals surface area (Å²) in [6.07, 6.45) is 5.94. The maximum absolute atomic E-state index is 13.0. The fraction of sp³-hybridized carbons (Fsp3) is 0.381. The van der Waals surface area contributed by atoms with E-state index in [9.17, 15) is 4.79 Å². The quantitative estimate of drug-likeness (QED) is 0.636. The lowest BCUT2D eigenvalue weighted by Gasteiger charge is -2.22. The number of carbonyl (C=O) groups excluding carboxylic acids is 1. The van der Waals surface area contributed by atoms with Crippen LogP contribution in [-0.2, 0) is 16.1 Å². The molecule has 1 amide bonds. The molecule has 0 aliphatic carbocycles. The molecule has 30 heavy (non-hydrogen) atoms. The summed E-state index contributed by atoms with van der Waals surface area (Å²) in [5, 5.41) is 7.80. The molecule has 9 heteroatoms. The van der Waals surface area contributed by atoms with Gasteiger partial charge in [-0.05, 0) is 43.9 Å². The minimum absolute atomic E-state index is 0.218. The highest BCUT2D eigenvalue weighted by Gasteiger charge is 2.19. The Hall–Kier alpha value is -2.68. The average molecular weight is 431 g/mol. The number of hydrogen-bond acceptors (Lipinski definition) is 6. The van der Waals surface area contributed by atoms with Crippen LogP contribution in [-0.4, -0.2) is 40.5 Å². The number of nitrogens with one attached hydrogen (secondary N) is 1. The van der Waals surface area contributed by atoms with E-state index in [0.29, 0.717) is 40.0 Å². The first-order valence-corrected chi connectivity index (χ1v) is 10.1. The Morgan fingerprint density at radius 3 is 2.97 bits per heavy atom. The molecule has 1 aliphatic heterocycles. The smallest absolute Gasteiger partial charge is 0.257 e. The van der Waals surface area contributed by atoms with Crippen LogP contribution < -0.4 is 10.1 Å². The first-order chi connectivity index (χ1) is 14.6. The van der Waals surface area contributed by atoms with Crippen LogP contribution in [0.15, 0.2) is 30.6 Å².